The summed E-state index contributed by atoms with van der Waals surface area (Å²) in [5.41, 5.74) is 0.348. The first-order chi connectivity index (χ1) is 15.2. The summed E-state index contributed by atoms with van der Waals surface area (Å²) >= 11 is 6.38. The van der Waals surface area contributed by atoms with Crippen LogP contribution in [0.5, 0.6) is 0 Å². The Morgan fingerprint density at radius 3 is 2.81 bits per heavy atom. The normalized spacial score (nSPS) is 21.5. The van der Waals surface area contributed by atoms with Crippen molar-refractivity contribution < 1.29 is 22.7 Å². The molecule has 2 aliphatic rings. The molecule has 2 aromatic heterocycles. The molecule has 2 atom stereocenters. The third-order valence-corrected chi connectivity index (χ3v) is 8.10. The average molecular weight is 484 g/mol. The third-order valence-electron chi connectivity index (χ3n) is 6.05. The maximum Gasteiger partial charge on any atom is 0.286 e. The summed E-state index contributed by atoms with van der Waals surface area (Å²) in [6.45, 7) is 1.09. The van der Waals surface area contributed by atoms with Gasteiger partial charge in [0.1, 0.15) is 11.6 Å². The van der Waals surface area contributed by atoms with E-state index >= 15 is 0 Å². The predicted octanol–water partition coefficient (Wildman–Crippen LogP) is 1.83. The fraction of sp³-hybridized carbons (Fsp3) is 0.450. The monoisotopic (exact) mass is 483 g/mol. The van der Waals surface area contributed by atoms with Crippen molar-refractivity contribution in [3.05, 3.63) is 53.1 Å². The lowest BCUT2D eigenvalue weighted by molar-refractivity contribution is -0.141. The van der Waals surface area contributed by atoms with E-state index in [1.807, 2.05) is 19.1 Å². The Labute approximate surface area is 189 Å². The van der Waals surface area contributed by atoms with Crippen LogP contribution < -0.4 is 0 Å². The number of carbonyl (C=O) groups excluding carboxylic acids is 1. The number of aryl methyl sites for hydroxylation is 1. The van der Waals surface area contributed by atoms with Crippen LogP contribution in [0.3, 0.4) is 0 Å². The number of aliphatic hydroxyl groups is 1. The second kappa shape index (κ2) is 8.45. The van der Waals surface area contributed by atoms with Gasteiger partial charge in [0.25, 0.3) is 10.0 Å². The molecule has 9 nitrogen and oxygen atoms in total. The van der Waals surface area contributed by atoms with Gasteiger partial charge in [-0.05, 0) is 12.5 Å². The van der Waals surface area contributed by atoms with Crippen molar-refractivity contribution in [3.63, 3.8) is 0 Å². The number of alkyl halides is 1. The van der Waals surface area contributed by atoms with Crippen LogP contribution in [0.2, 0.25) is 0 Å². The zero-order valence-corrected chi connectivity index (χ0v) is 18.9. The molecule has 1 N–H and O–H groups in total. The van der Waals surface area contributed by atoms with Crippen LogP contribution in [0.4, 0.5) is 4.39 Å². The van der Waals surface area contributed by atoms with Crippen LogP contribution in [-0.4, -0.2) is 56.6 Å². The van der Waals surface area contributed by atoms with Gasteiger partial charge in [-0.2, -0.15) is 22.7 Å². The van der Waals surface area contributed by atoms with Gasteiger partial charge in [-0.15, -0.1) is 0 Å². The molecule has 0 saturated heterocycles. The van der Waals surface area contributed by atoms with Crippen LogP contribution in [-0.2, 0) is 34.5 Å². The van der Waals surface area contributed by atoms with Crippen molar-refractivity contribution in [2.45, 2.75) is 37.9 Å². The van der Waals surface area contributed by atoms with Crippen LogP contribution >= 0.6 is 11.6 Å². The largest absolute Gasteiger partial charge is 0.396 e. The molecule has 172 valence electrons. The standard InChI is InChI=1S/C20H23ClFN5O4S/c1-20(5-3-2-4-18(20)21)16(13-28)19(29)25-9-14-10-27(24-17(14)12-25)32(30,31)15-8-23-26(11-15)7-6-22/h2-4,8,10-11,16,28H,5-7,9,12-13H2,1H3/t16-,20?/m0/s1. The number of aliphatic hydroxyl groups excluding tert-OH is 1. The molecule has 2 aromatic rings. The first-order valence-electron chi connectivity index (χ1n) is 10.0. The Bertz CT molecular complexity index is 1180. The van der Waals surface area contributed by atoms with E-state index in [2.05, 4.69) is 10.2 Å². The van der Waals surface area contributed by atoms with Crippen molar-refractivity contribution in [2.24, 2.45) is 11.3 Å². The number of hydrogen-bond acceptors (Lipinski definition) is 6. The number of rotatable bonds is 7. The highest BCUT2D eigenvalue weighted by molar-refractivity contribution is 7.89. The van der Waals surface area contributed by atoms with Crippen LogP contribution in [0, 0.1) is 11.3 Å². The van der Waals surface area contributed by atoms with Gasteiger partial charge in [0, 0.05) is 34.9 Å². The van der Waals surface area contributed by atoms with Crippen molar-refractivity contribution in [2.75, 3.05) is 13.3 Å². The minimum Gasteiger partial charge on any atom is -0.396 e. The second-order valence-electron chi connectivity index (χ2n) is 8.10. The second-order valence-corrected chi connectivity index (χ2v) is 10.3. The number of fused-ring (bicyclic) bond motifs is 1. The molecule has 1 aliphatic heterocycles. The van der Waals surface area contributed by atoms with E-state index in [4.69, 9.17) is 11.6 Å². The van der Waals surface area contributed by atoms with E-state index < -0.39 is 28.0 Å². The van der Waals surface area contributed by atoms with Crippen LogP contribution in [0.15, 0.2) is 46.7 Å². The molecule has 4 rings (SSSR count). The Kier molecular flexibility index (Phi) is 5.99. The van der Waals surface area contributed by atoms with Crippen molar-refractivity contribution >= 4 is 27.5 Å². The molecule has 3 heterocycles. The van der Waals surface area contributed by atoms with Gasteiger partial charge in [-0.25, -0.2) is 4.39 Å². The SMILES string of the molecule is CC1([C@@H](CO)C(=O)N2Cc3cn(S(=O)(=O)c4cnn(CCF)c4)nc3C2)CC=CC=C1Cl. The Hall–Kier alpha value is -2.50. The lowest BCUT2D eigenvalue weighted by atomic mass is 9.72. The molecule has 1 unspecified atom stereocenters. The maximum absolute atomic E-state index is 13.2. The van der Waals surface area contributed by atoms with Crippen LogP contribution in [0.1, 0.15) is 24.6 Å². The van der Waals surface area contributed by atoms with Gasteiger partial charge in [0.15, 0.2) is 0 Å². The van der Waals surface area contributed by atoms with Gasteiger partial charge >= 0.3 is 0 Å². The summed E-state index contributed by atoms with van der Waals surface area (Å²) in [7, 11) is -3.98. The molecular formula is C20H23ClFN5O4S. The zero-order valence-electron chi connectivity index (χ0n) is 17.4. The van der Waals surface area contributed by atoms with Gasteiger partial charge in [0.05, 0.1) is 37.5 Å². The molecule has 0 bridgehead atoms. The van der Waals surface area contributed by atoms with E-state index in [9.17, 15) is 22.7 Å². The summed E-state index contributed by atoms with van der Waals surface area (Å²) < 4.78 is 40.2. The van der Waals surface area contributed by atoms with Crippen LogP contribution in [0.25, 0.3) is 0 Å². The Balaban J connectivity index is 1.52. The lowest BCUT2D eigenvalue weighted by Gasteiger charge is -2.38. The Morgan fingerprint density at radius 2 is 2.16 bits per heavy atom. The topological polar surface area (TPSA) is 110 Å². The third kappa shape index (κ3) is 3.78. The average Bonchev–Trinajstić information content (AvgIpc) is 3.46. The molecule has 0 radical (unpaired) electrons. The van der Waals surface area contributed by atoms with E-state index in [1.165, 1.54) is 17.1 Å². The number of halogens is 2. The fourth-order valence-corrected chi connectivity index (χ4v) is 5.44. The summed E-state index contributed by atoms with van der Waals surface area (Å²) in [6, 6.07) is 0. The number of amides is 1. The highest BCUT2D eigenvalue weighted by Crippen LogP contribution is 2.44. The quantitative estimate of drug-likeness (QED) is 0.643. The molecule has 1 amide bonds. The van der Waals surface area contributed by atoms with Gasteiger partial charge in [0.2, 0.25) is 5.91 Å². The maximum atomic E-state index is 13.2. The minimum atomic E-state index is -3.98. The van der Waals surface area contributed by atoms with Gasteiger partial charge < -0.3 is 10.0 Å². The molecule has 1 aliphatic carbocycles. The molecule has 0 spiro atoms. The van der Waals surface area contributed by atoms with Crippen molar-refractivity contribution in [1.82, 2.24) is 23.9 Å². The highest BCUT2D eigenvalue weighted by atomic mass is 35.5. The van der Waals surface area contributed by atoms with E-state index in [-0.39, 0.29) is 37.0 Å². The Morgan fingerprint density at radius 1 is 1.38 bits per heavy atom. The van der Waals surface area contributed by atoms with E-state index in [0.717, 1.165) is 10.3 Å². The zero-order chi connectivity index (χ0) is 23.1. The number of carbonyl (C=O) groups is 1. The van der Waals surface area contributed by atoms with Gasteiger partial charge in [-0.1, -0.05) is 30.7 Å². The first kappa shape index (κ1) is 22.7. The molecule has 32 heavy (non-hydrogen) atoms. The molecule has 0 saturated carbocycles. The molecule has 0 fully saturated rings. The van der Waals surface area contributed by atoms with E-state index in [0.29, 0.717) is 22.7 Å². The summed E-state index contributed by atoms with van der Waals surface area (Å²) in [5.74, 6) is -1.01. The molecule has 12 heteroatoms. The minimum absolute atomic E-state index is 0.0395. The summed E-state index contributed by atoms with van der Waals surface area (Å²) in [6.07, 6.45) is 9.75. The highest BCUT2D eigenvalue weighted by Gasteiger charge is 2.44. The number of allylic oxidation sites excluding steroid dienone is 4. The smallest absolute Gasteiger partial charge is 0.286 e. The fourth-order valence-electron chi connectivity index (χ4n) is 4.04. The van der Waals surface area contributed by atoms with Gasteiger partial charge in [-0.3, -0.25) is 9.48 Å². The van der Waals surface area contributed by atoms with E-state index in [1.54, 1.807) is 11.0 Å². The summed E-state index contributed by atoms with van der Waals surface area (Å²) in [4.78, 5) is 14.7. The predicted molar refractivity (Wildman–Crippen MR) is 114 cm³/mol. The van der Waals surface area contributed by atoms with Crippen molar-refractivity contribution in [3.8, 4) is 0 Å². The van der Waals surface area contributed by atoms with Crippen molar-refractivity contribution in [1.29, 1.82) is 0 Å². The number of nitrogens with zero attached hydrogens (tertiary/aromatic N) is 5. The lowest BCUT2D eigenvalue weighted by Crippen LogP contribution is -2.43. The summed E-state index contributed by atoms with van der Waals surface area (Å²) in [5, 5.41) is 18.5. The molecule has 0 aromatic carbocycles. The first-order valence-corrected chi connectivity index (χ1v) is 11.9. The number of aromatic nitrogens is 4. The molecular weight excluding hydrogens is 461 g/mol. The number of hydrogen-bond donors (Lipinski definition) is 1.